The van der Waals surface area contributed by atoms with Crippen molar-refractivity contribution in [3.05, 3.63) is 34.9 Å². The number of hydrogen-bond acceptors (Lipinski definition) is 3. The van der Waals surface area contributed by atoms with Crippen LogP contribution in [0.1, 0.15) is 34.8 Å². The summed E-state index contributed by atoms with van der Waals surface area (Å²) < 4.78 is 4.94. The average Bonchev–Trinajstić information content (AvgIpc) is 2.32. The Labute approximate surface area is 116 Å². The van der Waals surface area contributed by atoms with E-state index in [1.54, 1.807) is 13.0 Å². The molecule has 0 aliphatic rings. The molecule has 3 nitrogen and oxygen atoms in total. The third-order valence-corrected chi connectivity index (χ3v) is 3.06. The highest BCUT2D eigenvalue weighted by Crippen LogP contribution is 2.18. The summed E-state index contributed by atoms with van der Waals surface area (Å²) in [6.45, 7) is 4.03. The lowest BCUT2D eigenvalue weighted by molar-refractivity contribution is -0.142. The van der Waals surface area contributed by atoms with E-state index in [1.807, 2.05) is 19.1 Å². The van der Waals surface area contributed by atoms with Crippen LogP contribution in [0.5, 0.6) is 0 Å². The van der Waals surface area contributed by atoms with E-state index in [0.717, 1.165) is 11.1 Å². The van der Waals surface area contributed by atoms with E-state index < -0.39 is 0 Å². The predicted molar refractivity (Wildman–Crippen MR) is 74.3 cm³/mol. The number of Topliss-reactive ketones (excluding diaryl/α,β-unsaturated/α-hetero) is 1. The molecule has 0 fully saturated rings. The van der Waals surface area contributed by atoms with Crippen LogP contribution in [-0.4, -0.2) is 23.7 Å². The van der Waals surface area contributed by atoms with Crippen LogP contribution in [0.15, 0.2) is 18.2 Å². The van der Waals surface area contributed by atoms with Gasteiger partial charge in [0.25, 0.3) is 0 Å². The summed E-state index contributed by atoms with van der Waals surface area (Å²) in [4.78, 5) is 23.5. The summed E-state index contributed by atoms with van der Waals surface area (Å²) in [6, 6.07) is 5.51. The topological polar surface area (TPSA) is 43.4 Å². The Morgan fingerprint density at radius 1 is 1.33 bits per heavy atom. The highest BCUT2D eigenvalue weighted by Gasteiger charge is 2.15. The van der Waals surface area contributed by atoms with Gasteiger partial charge < -0.3 is 4.74 Å². The molecule has 0 atom stereocenters. The second-order valence-corrected chi connectivity index (χ2v) is 4.74. The van der Waals surface area contributed by atoms with Crippen LogP contribution in [-0.2, 0) is 16.0 Å². The number of carbonyl (C=O) groups excluding carboxylic acids is 2. The van der Waals surface area contributed by atoms with Gasteiger partial charge in [-0.2, -0.15) is 0 Å². The smallest absolute Gasteiger partial charge is 0.310 e. The first-order chi connectivity index (χ1) is 8.60. The maximum atomic E-state index is 12.0. The molecule has 0 aromatic heterocycles. The zero-order chi connectivity index (χ0) is 13.5. The molecule has 0 aliphatic carbocycles. The minimum Gasteiger partial charge on any atom is -0.466 e. The number of ether oxygens (including phenoxy) is 1. The van der Waals surface area contributed by atoms with Crippen molar-refractivity contribution < 1.29 is 14.3 Å². The largest absolute Gasteiger partial charge is 0.466 e. The van der Waals surface area contributed by atoms with Crippen molar-refractivity contribution in [2.24, 2.45) is 0 Å². The van der Waals surface area contributed by atoms with Crippen LogP contribution in [0.3, 0.4) is 0 Å². The standard InChI is InChI=1S/C14H17BrO3/c1-3-18-14(17)9-12-10(2)5-4-6-11(12)13(16)7-8-15/h4-6H,3,7-9H2,1-2H3. The maximum Gasteiger partial charge on any atom is 0.310 e. The van der Waals surface area contributed by atoms with Crippen molar-refractivity contribution in [3.63, 3.8) is 0 Å². The number of carbonyl (C=O) groups is 2. The van der Waals surface area contributed by atoms with Crippen molar-refractivity contribution >= 4 is 27.7 Å². The zero-order valence-corrected chi connectivity index (χ0v) is 12.2. The molecule has 1 rings (SSSR count). The molecule has 0 amide bonds. The van der Waals surface area contributed by atoms with Crippen LogP contribution in [0.4, 0.5) is 0 Å². The van der Waals surface area contributed by atoms with E-state index >= 15 is 0 Å². The Bertz CT molecular complexity index is 441. The van der Waals surface area contributed by atoms with Crippen LogP contribution in [0.2, 0.25) is 0 Å². The molecule has 0 bridgehead atoms. The third kappa shape index (κ3) is 3.95. The highest BCUT2D eigenvalue weighted by molar-refractivity contribution is 9.09. The van der Waals surface area contributed by atoms with Crippen LogP contribution < -0.4 is 0 Å². The second-order valence-electron chi connectivity index (χ2n) is 3.94. The lowest BCUT2D eigenvalue weighted by Crippen LogP contribution is -2.13. The number of aryl methyl sites for hydroxylation is 1. The molecule has 0 saturated heterocycles. The molecule has 1 aromatic carbocycles. The van der Waals surface area contributed by atoms with Gasteiger partial charge >= 0.3 is 5.97 Å². The van der Waals surface area contributed by atoms with Crippen LogP contribution in [0.25, 0.3) is 0 Å². The molecule has 0 unspecified atom stereocenters. The average molecular weight is 313 g/mol. The Kier molecular flexibility index (Phi) is 6.05. The summed E-state index contributed by atoms with van der Waals surface area (Å²) in [7, 11) is 0. The lowest BCUT2D eigenvalue weighted by atomic mass is 9.95. The van der Waals surface area contributed by atoms with Crippen molar-refractivity contribution in [2.75, 3.05) is 11.9 Å². The lowest BCUT2D eigenvalue weighted by Gasteiger charge is -2.11. The predicted octanol–water partition coefficient (Wildman–Crippen LogP) is 3.07. The number of benzene rings is 1. The molecule has 4 heteroatoms. The normalized spacial score (nSPS) is 10.2. The van der Waals surface area contributed by atoms with Gasteiger partial charge in [-0.3, -0.25) is 9.59 Å². The maximum absolute atomic E-state index is 12.0. The molecular formula is C14H17BrO3. The summed E-state index contributed by atoms with van der Waals surface area (Å²) in [5.41, 5.74) is 2.35. The molecule has 0 aliphatic heterocycles. The number of halogens is 1. The van der Waals surface area contributed by atoms with Gasteiger partial charge in [-0.25, -0.2) is 0 Å². The van der Waals surface area contributed by atoms with Crippen molar-refractivity contribution in [1.29, 1.82) is 0 Å². The molecule has 18 heavy (non-hydrogen) atoms. The van der Waals surface area contributed by atoms with Gasteiger partial charge in [-0.15, -0.1) is 0 Å². The minimum absolute atomic E-state index is 0.0508. The number of rotatable bonds is 6. The van der Waals surface area contributed by atoms with Crippen molar-refractivity contribution in [3.8, 4) is 0 Å². The quantitative estimate of drug-likeness (QED) is 0.460. The van der Waals surface area contributed by atoms with Gasteiger partial charge in [0.1, 0.15) is 0 Å². The molecule has 0 spiro atoms. The monoisotopic (exact) mass is 312 g/mol. The Morgan fingerprint density at radius 3 is 2.67 bits per heavy atom. The first-order valence-corrected chi connectivity index (χ1v) is 7.05. The number of ketones is 1. The van der Waals surface area contributed by atoms with Crippen LogP contribution >= 0.6 is 15.9 Å². The fourth-order valence-corrected chi connectivity index (χ4v) is 2.14. The Morgan fingerprint density at radius 2 is 2.06 bits per heavy atom. The third-order valence-electron chi connectivity index (χ3n) is 2.66. The highest BCUT2D eigenvalue weighted by atomic mass is 79.9. The first kappa shape index (κ1) is 14.9. The number of esters is 1. The SMILES string of the molecule is CCOC(=O)Cc1c(C)cccc1C(=O)CCBr. The summed E-state index contributed by atoms with van der Waals surface area (Å²) in [6.07, 6.45) is 0.586. The minimum atomic E-state index is -0.292. The van der Waals surface area contributed by atoms with E-state index in [0.29, 0.717) is 23.9 Å². The van der Waals surface area contributed by atoms with Crippen LogP contribution in [0, 0.1) is 6.92 Å². The molecule has 1 aromatic rings. The van der Waals surface area contributed by atoms with E-state index in [2.05, 4.69) is 15.9 Å². The molecule has 0 saturated carbocycles. The van der Waals surface area contributed by atoms with E-state index in [1.165, 1.54) is 0 Å². The fourth-order valence-electron chi connectivity index (χ4n) is 1.78. The molecule has 98 valence electrons. The van der Waals surface area contributed by atoms with E-state index in [-0.39, 0.29) is 18.2 Å². The summed E-state index contributed by atoms with van der Waals surface area (Å²) in [5.74, 6) is -0.241. The summed E-state index contributed by atoms with van der Waals surface area (Å²) in [5, 5.41) is 0.624. The van der Waals surface area contributed by atoms with Gasteiger partial charge in [0.15, 0.2) is 5.78 Å². The van der Waals surface area contributed by atoms with Gasteiger partial charge in [0, 0.05) is 17.3 Å². The van der Waals surface area contributed by atoms with Gasteiger partial charge in [-0.05, 0) is 25.0 Å². The molecular weight excluding hydrogens is 296 g/mol. The van der Waals surface area contributed by atoms with E-state index in [9.17, 15) is 9.59 Å². The second kappa shape index (κ2) is 7.31. The molecule has 0 heterocycles. The summed E-state index contributed by atoms with van der Waals surface area (Å²) >= 11 is 3.25. The van der Waals surface area contributed by atoms with Gasteiger partial charge in [-0.1, -0.05) is 34.1 Å². The zero-order valence-electron chi connectivity index (χ0n) is 10.7. The van der Waals surface area contributed by atoms with Gasteiger partial charge in [0.05, 0.1) is 13.0 Å². The number of hydrogen-bond donors (Lipinski definition) is 0. The fraction of sp³-hybridized carbons (Fsp3) is 0.429. The Hall–Kier alpha value is -1.16. The first-order valence-electron chi connectivity index (χ1n) is 5.93. The van der Waals surface area contributed by atoms with Crippen molar-refractivity contribution in [2.45, 2.75) is 26.7 Å². The Balaban J connectivity index is 3.00. The molecule has 0 radical (unpaired) electrons. The number of alkyl halides is 1. The van der Waals surface area contributed by atoms with Gasteiger partial charge in [0.2, 0.25) is 0 Å². The van der Waals surface area contributed by atoms with E-state index in [4.69, 9.17) is 4.74 Å². The van der Waals surface area contributed by atoms with Crippen molar-refractivity contribution in [1.82, 2.24) is 0 Å². The molecule has 0 N–H and O–H groups in total.